The van der Waals surface area contributed by atoms with Gasteiger partial charge in [-0.15, -0.1) is 0 Å². The van der Waals surface area contributed by atoms with E-state index in [4.69, 9.17) is 23.2 Å². The highest BCUT2D eigenvalue weighted by atomic mass is 35.5. The molecule has 0 atom stereocenters. The molecule has 0 saturated heterocycles. The van der Waals surface area contributed by atoms with Gasteiger partial charge >= 0.3 is 0 Å². The number of halogens is 2. The second kappa shape index (κ2) is 11.0. The number of anilines is 1. The Kier molecular flexibility index (Phi) is 8.36. The van der Waals surface area contributed by atoms with Crippen molar-refractivity contribution in [2.45, 2.75) is 31.6 Å². The lowest BCUT2D eigenvalue weighted by molar-refractivity contribution is -0.119. The zero-order valence-electron chi connectivity index (χ0n) is 19.0. The zero-order chi connectivity index (χ0) is 24.9. The Morgan fingerprint density at radius 2 is 1.65 bits per heavy atom. The molecule has 6 nitrogen and oxygen atoms in total. The number of nitrogens with one attached hydrogen (secondary N) is 1. The highest BCUT2D eigenvalue weighted by Crippen LogP contribution is 2.26. The Bertz CT molecular complexity index is 1290. The second-order valence-corrected chi connectivity index (χ2v) is 10.7. The van der Waals surface area contributed by atoms with Crippen LogP contribution in [0.3, 0.4) is 0 Å². The number of aryl methyl sites for hydroxylation is 1. The van der Waals surface area contributed by atoms with E-state index in [0.29, 0.717) is 21.3 Å². The molecule has 0 bridgehead atoms. The van der Waals surface area contributed by atoms with Crippen molar-refractivity contribution in [1.29, 1.82) is 0 Å². The molecule has 0 heterocycles. The highest BCUT2D eigenvalue weighted by Gasteiger charge is 2.27. The van der Waals surface area contributed by atoms with Gasteiger partial charge in [0.2, 0.25) is 0 Å². The molecule has 0 radical (unpaired) electrons. The van der Waals surface area contributed by atoms with Gasteiger partial charge in [0.15, 0.2) is 0 Å². The first kappa shape index (κ1) is 25.7. The quantitative estimate of drug-likeness (QED) is 0.304. The normalized spacial score (nSPS) is 11.7. The average molecular weight is 518 g/mol. The maximum Gasteiger partial charge on any atom is 0.264 e. The van der Waals surface area contributed by atoms with Gasteiger partial charge in [0, 0.05) is 0 Å². The number of carbonyl (C=O) groups is 1. The SMILES string of the molecule is Cc1ccc(S(=O)(=O)N(CC(=O)N/N=C\c2ccc(Cl)c(Cl)c2)c2ccc(C(C)C)cc2)cc1. The van der Waals surface area contributed by atoms with Crippen molar-refractivity contribution in [2.75, 3.05) is 10.8 Å². The van der Waals surface area contributed by atoms with Crippen molar-refractivity contribution in [3.63, 3.8) is 0 Å². The molecule has 0 aliphatic heterocycles. The van der Waals surface area contributed by atoms with Crippen molar-refractivity contribution in [3.8, 4) is 0 Å². The van der Waals surface area contributed by atoms with Gasteiger partial charge in [0.25, 0.3) is 15.9 Å². The predicted octanol–water partition coefficient (Wildman–Crippen LogP) is 5.77. The number of hydrogen-bond acceptors (Lipinski definition) is 4. The topological polar surface area (TPSA) is 78.8 Å². The van der Waals surface area contributed by atoms with Gasteiger partial charge in [-0.2, -0.15) is 5.10 Å². The summed E-state index contributed by atoms with van der Waals surface area (Å²) in [6.07, 6.45) is 1.40. The van der Waals surface area contributed by atoms with Crippen LogP contribution in [0, 0.1) is 6.92 Å². The monoisotopic (exact) mass is 517 g/mol. The number of hydrogen-bond donors (Lipinski definition) is 1. The predicted molar refractivity (Wildman–Crippen MR) is 138 cm³/mol. The van der Waals surface area contributed by atoms with Gasteiger partial charge < -0.3 is 0 Å². The highest BCUT2D eigenvalue weighted by molar-refractivity contribution is 7.92. The second-order valence-electron chi connectivity index (χ2n) is 8.04. The van der Waals surface area contributed by atoms with E-state index < -0.39 is 22.5 Å². The number of rotatable bonds is 8. The van der Waals surface area contributed by atoms with Crippen LogP contribution in [0.25, 0.3) is 0 Å². The lowest BCUT2D eigenvalue weighted by atomic mass is 10.0. The fraction of sp³-hybridized carbons (Fsp3) is 0.200. The van der Waals surface area contributed by atoms with Crippen LogP contribution in [-0.2, 0) is 14.8 Å². The summed E-state index contributed by atoms with van der Waals surface area (Å²) in [5.74, 6) is -0.310. The van der Waals surface area contributed by atoms with Crippen molar-refractivity contribution < 1.29 is 13.2 Å². The fourth-order valence-electron chi connectivity index (χ4n) is 3.12. The average Bonchev–Trinajstić information content (AvgIpc) is 2.80. The Labute approximate surface area is 210 Å². The fourth-order valence-corrected chi connectivity index (χ4v) is 4.84. The van der Waals surface area contributed by atoms with Crippen molar-refractivity contribution in [1.82, 2.24) is 5.43 Å². The van der Waals surface area contributed by atoms with Crippen LogP contribution in [0.4, 0.5) is 5.69 Å². The molecule has 1 N–H and O–H groups in total. The van der Waals surface area contributed by atoms with E-state index in [1.54, 1.807) is 42.5 Å². The summed E-state index contributed by atoms with van der Waals surface area (Å²) in [5, 5.41) is 4.68. The molecule has 0 fully saturated rings. The van der Waals surface area contributed by atoms with Crippen molar-refractivity contribution >= 4 is 51.0 Å². The lowest BCUT2D eigenvalue weighted by Crippen LogP contribution is -2.39. The summed E-state index contributed by atoms with van der Waals surface area (Å²) in [4.78, 5) is 12.8. The molecule has 1 amide bonds. The summed E-state index contributed by atoms with van der Waals surface area (Å²) in [6, 6.07) is 18.5. The molecule has 0 saturated carbocycles. The number of hydrazone groups is 1. The van der Waals surface area contributed by atoms with Gasteiger partial charge in [-0.05, 0) is 60.4 Å². The van der Waals surface area contributed by atoms with Crippen LogP contribution in [0.15, 0.2) is 76.7 Å². The Morgan fingerprint density at radius 3 is 2.24 bits per heavy atom. The minimum Gasteiger partial charge on any atom is -0.271 e. The van der Waals surface area contributed by atoms with E-state index >= 15 is 0 Å². The molecule has 9 heteroatoms. The number of benzene rings is 3. The molecule has 3 rings (SSSR count). The van der Waals surface area contributed by atoms with E-state index in [2.05, 4.69) is 24.4 Å². The number of amides is 1. The van der Waals surface area contributed by atoms with E-state index in [-0.39, 0.29) is 10.8 Å². The van der Waals surface area contributed by atoms with Crippen LogP contribution in [-0.4, -0.2) is 27.1 Å². The molecular formula is C25H25Cl2N3O3S. The summed E-state index contributed by atoms with van der Waals surface area (Å²) < 4.78 is 28.0. The van der Waals surface area contributed by atoms with Gasteiger partial charge in [0.1, 0.15) is 6.54 Å². The van der Waals surface area contributed by atoms with Crippen LogP contribution < -0.4 is 9.73 Å². The third kappa shape index (κ3) is 6.38. The smallest absolute Gasteiger partial charge is 0.264 e. The first-order valence-electron chi connectivity index (χ1n) is 10.5. The van der Waals surface area contributed by atoms with Crippen LogP contribution in [0.1, 0.15) is 36.5 Å². The van der Waals surface area contributed by atoms with Gasteiger partial charge in [0.05, 0.1) is 26.8 Å². The van der Waals surface area contributed by atoms with Gasteiger partial charge in [-0.3, -0.25) is 9.10 Å². The third-order valence-corrected chi connectivity index (χ3v) is 7.62. The van der Waals surface area contributed by atoms with Gasteiger partial charge in [-0.25, -0.2) is 13.8 Å². The molecular weight excluding hydrogens is 493 g/mol. The van der Waals surface area contributed by atoms with Crippen molar-refractivity contribution in [2.24, 2.45) is 5.10 Å². The third-order valence-electron chi connectivity index (χ3n) is 5.09. The number of carbonyl (C=O) groups excluding carboxylic acids is 1. The standard InChI is InChI=1S/C25H25Cl2N3O3S/c1-17(2)20-7-9-21(10-8-20)30(34(32,33)22-11-4-18(3)5-12-22)16-25(31)29-28-15-19-6-13-23(26)24(27)14-19/h4-15,17H,16H2,1-3H3,(H,29,31)/b28-15-. The molecule has 34 heavy (non-hydrogen) atoms. The summed E-state index contributed by atoms with van der Waals surface area (Å²) in [6.45, 7) is 5.53. The molecule has 3 aromatic carbocycles. The van der Waals surface area contributed by atoms with E-state index in [0.717, 1.165) is 15.4 Å². The van der Waals surface area contributed by atoms with Crippen LogP contribution in [0.5, 0.6) is 0 Å². The minimum absolute atomic E-state index is 0.0955. The Balaban J connectivity index is 1.85. The largest absolute Gasteiger partial charge is 0.271 e. The zero-order valence-corrected chi connectivity index (χ0v) is 21.3. The summed E-state index contributed by atoms with van der Waals surface area (Å²) in [7, 11) is -4.00. The number of nitrogens with zero attached hydrogens (tertiary/aromatic N) is 2. The molecule has 0 aliphatic rings. The van der Waals surface area contributed by atoms with E-state index in [1.807, 2.05) is 19.1 Å². The molecule has 0 aromatic heterocycles. The van der Waals surface area contributed by atoms with Crippen LogP contribution in [0.2, 0.25) is 10.0 Å². The van der Waals surface area contributed by atoms with E-state index in [9.17, 15) is 13.2 Å². The lowest BCUT2D eigenvalue weighted by Gasteiger charge is -2.24. The van der Waals surface area contributed by atoms with E-state index in [1.165, 1.54) is 18.3 Å². The summed E-state index contributed by atoms with van der Waals surface area (Å²) >= 11 is 11.9. The molecule has 178 valence electrons. The maximum absolute atomic E-state index is 13.4. The first-order chi connectivity index (χ1) is 16.1. The summed E-state index contributed by atoms with van der Waals surface area (Å²) in [5.41, 5.74) is 5.38. The Morgan fingerprint density at radius 1 is 1.00 bits per heavy atom. The molecule has 0 spiro atoms. The molecule has 0 aliphatic carbocycles. The van der Waals surface area contributed by atoms with Crippen molar-refractivity contribution in [3.05, 3.63) is 93.5 Å². The van der Waals surface area contributed by atoms with Crippen LogP contribution >= 0.6 is 23.2 Å². The van der Waals surface area contributed by atoms with Gasteiger partial charge in [-0.1, -0.05) is 72.9 Å². The maximum atomic E-state index is 13.4. The molecule has 3 aromatic rings. The Hall–Kier alpha value is -2.87. The minimum atomic E-state index is -4.00. The first-order valence-corrected chi connectivity index (χ1v) is 12.7. The molecule has 0 unspecified atom stereocenters. The number of sulfonamides is 1.